The van der Waals surface area contributed by atoms with Crippen molar-refractivity contribution in [3.05, 3.63) is 0 Å². The fraction of sp³-hybridized carbons (Fsp3) is 0.900. The highest BCUT2D eigenvalue weighted by Crippen LogP contribution is 2.15. The Morgan fingerprint density at radius 2 is 0.654 bits per heavy atom. The van der Waals surface area contributed by atoms with Crippen LogP contribution in [0.3, 0.4) is 0 Å². The van der Waals surface area contributed by atoms with Crippen LogP contribution in [0.5, 0.6) is 0 Å². The highest BCUT2D eigenvalue weighted by atomic mass is 36.0. The molecule has 0 amide bonds. The summed E-state index contributed by atoms with van der Waals surface area (Å²) in [6, 6.07) is 0. The van der Waals surface area contributed by atoms with Gasteiger partial charge in [-0.3, -0.25) is 14.4 Å². The predicted octanol–water partition coefficient (Wildman–Crippen LogP) is 13.5. The molecule has 0 radical (unpaired) electrons. The third-order valence-electron chi connectivity index (χ3n) is 8.67. The van der Waals surface area contributed by atoms with Gasteiger partial charge in [0.2, 0.25) is 9.23 Å². The molecule has 0 rings (SSSR count). The van der Waals surface area contributed by atoms with Crippen molar-refractivity contribution in [2.75, 3.05) is 13.2 Å². The molecule has 52 heavy (non-hydrogen) atoms. The summed E-state index contributed by atoms with van der Waals surface area (Å²) in [5, 5.41) is 7.76. The average molecular weight is 822 g/mol. The first-order valence-corrected chi connectivity index (χ1v) is 23.7. The van der Waals surface area contributed by atoms with Crippen LogP contribution in [0.25, 0.3) is 0 Å². The molecule has 0 bridgehead atoms. The van der Waals surface area contributed by atoms with Crippen molar-refractivity contribution in [3.63, 3.8) is 0 Å². The number of carbonyl (C=O) groups is 4. The largest absolute Gasteiger partial charge is 0.479 e. The Labute approximate surface area is 334 Å². The molecule has 12 heteroatoms. The predicted molar refractivity (Wildman–Crippen MR) is 219 cm³/mol. The van der Waals surface area contributed by atoms with Crippen LogP contribution >= 0.6 is 33.0 Å². The Kier molecular flexibility index (Phi) is 51.3. The van der Waals surface area contributed by atoms with E-state index in [9.17, 15) is 19.2 Å². The van der Waals surface area contributed by atoms with E-state index in [2.05, 4.69) is 39.9 Å². The van der Waals surface area contributed by atoms with Crippen LogP contribution in [0.2, 0.25) is 0 Å². The summed E-state index contributed by atoms with van der Waals surface area (Å²) in [5.41, 5.74) is 0. The zero-order valence-corrected chi connectivity index (χ0v) is 36.0. The number of hydrogen-bond donors (Lipinski definition) is 1. The number of rotatable bonds is 36. The van der Waals surface area contributed by atoms with Gasteiger partial charge in [-0.05, 0) is 24.4 Å². The van der Waals surface area contributed by atoms with E-state index in [1.807, 2.05) is 0 Å². The Morgan fingerprint density at radius 3 is 0.865 bits per heavy atom. The minimum absolute atomic E-state index is 0.306. The molecule has 1 N–H and O–H groups in total. The minimum atomic E-state index is -1.67. The molecule has 0 spiro atoms. The Bertz CT molecular complexity index is 769. The van der Waals surface area contributed by atoms with E-state index in [1.54, 1.807) is 0 Å². The molecule has 0 heterocycles. The zero-order chi connectivity index (χ0) is 39.3. The monoisotopic (exact) mass is 820 g/mol. The lowest BCUT2D eigenvalue weighted by atomic mass is 10.0. The summed E-state index contributed by atoms with van der Waals surface area (Å²) in [6.45, 7) is 3.70. The van der Waals surface area contributed by atoms with Crippen LogP contribution in [0.1, 0.15) is 219 Å². The fourth-order valence-electron chi connectivity index (χ4n) is 5.71. The number of halogens is 3. The second-order valence-electron chi connectivity index (χ2n) is 13.7. The molecule has 0 saturated carbocycles. The molecule has 0 aliphatic carbocycles. The van der Waals surface area contributed by atoms with Crippen LogP contribution in [0.4, 0.5) is 0 Å². The first kappa shape index (κ1) is 55.4. The standard InChI is InChI=1S/C20H37ClO3.C20H38O4.Cl2OS/c2*1-2-3-4-5-6-7-8-9-10-11-12-13-14-15-16-17-20(23)24-18-19(21)22;1-4(2)3/h2-18H2,1H3;2-18H2,1H3,(H,21,22);. The Morgan fingerprint density at radius 1 is 0.442 bits per heavy atom. The van der Waals surface area contributed by atoms with Crippen LogP contribution in [-0.2, 0) is 37.9 Å². The molecule has 0 fully saturated rings. The topological polar surface area (TPSA) is 124 Å². The summed E-state index contributed by atoms with van der Waals surface area (Å²) in [5.74, 6) is -1.81. The maximum Gasteiger partial charge on any atom is 0.341 e. The van der Waals surface area contributed by atoms with E-state index in [0.29, 0.717) is 12.8 Å². The number of unbranched alkanes of at least 4 members (excludes halogenated alkanes) is 28. The maximum absolute atomic E-state index is 11.2. The lowest BCUT2D eigenvalue weighted by molar-refractivity contribution is -0.155. The van der Waals surface area contributed by atoms with Gasteiger partial charge in [0.15, 0.2) is 13.2 Å². The second-order valence-corrected chi connectivity index (χ2v) is 16.6. The summed E-state index contributed by atoms with van der Waals surface area (Å²) < 4.78 is 18.4. The molecular formula is C40H75Cl3O8S. The molecule has 0 aromatic heterocycles. The molecule has 0 aliphatic rings. The number of hydrogen-bond acceptors (Lipinski definition) is 7. The third kappa shape index (κ3) is 61.2. The molecular weight excluding hydrogens is 747 g/mol. The number of carboxylic acids is 1. The van der Waals surface area contributed by atoms with Gasteiger partial charge in [0.1, 0.15) is 0 Å². The van der Waals surface area contributed by atoms with Gasteiger partial charge in [-0.2, -0.15) is 0 Å². The molecule has 0 aromatic carbocycles. The average Bonchev–Trinajstić information content (AvgIpc) is 3.09. The van der Waals surface area contributed by atoms with Gasteiger partial charge in [0, 0.05) is 34.2 Å². The molecule has 0 saturated heterocycles. The number of esters is 2. The van der Waals surface area contributed by atoms with Crippen molar-refractivity contribution in [3.8, 4) is 0 Å². The summed E-state index contributed by atoms with van der Waals surface area (Å²) in [7, 11) is 7.36. The fourth-order valence-corrected chi connectivity index (χ4v) is 5.76. The van der Waals surface area contributed by atoms with E-state index >= 15 is 0 Å². The molecule has 0 atom stereocenters. The van der Waals surface area contributed by atoms with Gasteiger partial charge in [0.05, 0.1) is 0 Å². The van der Waals surface area contributed by atoms with Crippen molar-refractivity contribution < 1.29 is 38.0 Å². The van der Waals surface area contributed by atoms with Crippen molar-refractivity contribution in [1.29, 1.82) is 0 Å². The van der Waals surface area contributed by atoms with Crippen molar-refractivity contribution in [1.82, 2.24) is 0 Å². The number of aliphatic carboxylic acids is 1. The molecule has 310 valence electrons. The van der Waals surface area contributed by atoms with Crippen LogP contribution in [0, 0.1) is 0 Å². The van der Waals surface area contributed by atoms with Crippen molar-refractivity contribution >= 4 is 65.3 Å². The summed E-state index contributed by atoms with van der Waals surface area (Å²) in [6.07, 6.45) is 39.6. The Balaban J connectivity index is -0.000000836. The second kappa shape index (κ2) is 48.1. The summed E-state index contributed by atoms with van der Waals surface area (Å²) in [4.78, 5) is 43.1. The van der Waals surface area contributed by atoms with E-state index < -0.39 is 33.0 Å². The van der Waals surface area contributed by atoms with Gasteiger partial charge in [-0.1, -0.05) is 194 Å². The van der Waals surface area contributed by atoms with E-state index in [1.165, 1.54) is 161 Å². The first-order chi connectivity index (χ1) is 25.1. The van der Waals surface area contributed by atoms with Gasteiger partial charge >= 0.3 is 17.9 Å². The van der Waals surface area contributed by atoms with Crippen molar-refractivity contribution in [2.24, 2.45) is 0 Å². The maximum atomic E-state index is 11.2. The summed E-state index contributed by atoms with van der Waals surface area (Å²) >= 11 is 5.10. The van der Waals surface area contributed by atoms with Gasteiger partial charge in [-0.25, -0.2) is 9.00 Å². The molecule has 0 aliphatic heterocycles. The molecule has 8 nitrogen and oxygen atoms in total. The van der Waals surface area contributed by atoms with Crippen LogP contribution in [-0.4, -0.2) is 45.7 Å². The number of carboxylic acid groups (broad SMARTS) is 1. The van der Waals surface area contributed by atoms with Gasteiger partial charge in [0.25, 0.3) is 5.24 Å². The van der Waals surface area contributed by atoms with Crippen LogP contribution < -0.4 is 0 Å². The molecule has 0 aromatic rings. The van der Waals surface area contributed by atoms with Crippen LogP contribution in [0.15, 0.2) is 0 Å². The van der Waals surface area contributed by atoms with E-state index in [0.717, 1.165) is 32.1 Å². The molecule has 0 unspecified atom stereocenters. The quantitative estimate of drug-likeness (QED) is 0.0376. The number of ether oxygens (including phenoxy) is 2. The number of carbonyl (C=O) groups excluding carboxylic acids is 3. The Hall–Kier alpha value is -0.900. The van der Waals surface area contributed by atoms with E-state index in [4.69, 9.17) is 25.7 Å². The van der Waals surface area contributed by atoms with Crippen molar-refractivity contribution in [2.45, 2.75) is 219 Å². The minimum Gasteiger partial charge on any atom is -0.479 e. The normalized spacial score (nSPS) is 10.6. The first-order valence-electron chi connectivity index (χ1n) is 20.5. The lowest BCUT2D eigenvalue weighted by Gasteiger charge is -2.04. The third-order valence-corrected chi connectivity index (χ3v) is 8.78. The van der Waals surface area contributed by atoms with E-state index in [-0.39, 0.29) is 12.6 Å². The van der Waals surface area contributed by atoms with Gasteiger partial charge in [-0.15, -0.1) is 0 Å². The SMILES string of the molecule is CCCCCCCCCCCCCCCCCC(=O)OCC(=O)Cl.CCCCCCCCCCCCCCCCCC(=O)OCC(=O)O.O=S(Cl)Cl. The smallest absolute Gasteiger partial charge is 0.341 e. The highest BCUT2D eigenvalue weighted by molar-refractivity contribution is 8.26. The zero-order valence-electron chi connectivity index (χ0n) is 32.9. The highest BCUT2D eigenvalue weighted by Gasteiger charge is 2.06. The lowest BCUT2D eigenvalue weighted by Crippen LogP contribution is -2.12. The van der Waals surface area contributed by atoms with Gasteiger partial charge < -0.3 is 14.6 Å².